The molecule has 1 aromatic heterocycles. The van der Waals surface area contributed by atoms with Crippen LogP contribution in [0.1, 0.15) is 31.7 Å². The first-order valence-electron chi connectivity index (χ1n) is 6.22. The molecule has 2 unspecified atom stereocenters. The molecule has 96 valence electrons. The van der Waals surface area contributed by atoms with Gasteiger partial charge in [-0.2, -0.15) is 5.10 Å². The number of aryl methyl sites for hydroxylation is 2. The molecule has 5 heteroatoms. The Morgan fingerprint density at radius 1 is 1.71 bits per heavy atom. The van der Waals surface area contributed by atoms with Gasteiger partial charge >= 0.3 is 0 Å². The Labute approximate surface area is 102 Å². The number of rotatable bonds is 5. The molecule has 1 aromatic rings. The van der Waals surface area contributed by atoms with Gasteiger partial charge in [0, 0.05) is 19.9 Å². The lowest BCUT2D eigenvalue weighted by molar-refractivity contribution is -0.0137. The molecule has 0 aromatic carbocycles. The molecular weight excluding hydrogens is 216 g/mol. The number of nitrogens with one attached hydrogen (secondary N) is 1. The van der Waals surface area contributed by atoms with Crippen molar-refractivity contribution in [3.05, 3.63) is 18.0 Å². The van der Waals surface area contributed by atoms with E-state index < -0.39 is 0 Å². The summed E-state index contributed by atoms with van der Waals surface area (Å²) in [7, 11) is 1.93. The minimum Gasteiger partial charge on any atom is -0.374 e. The molecule has 1 aliphatic heterocycles. The Kier molecular flexibility index (Phi) is 3.81. The van der Waals surface area contributed by atoms with Gasteiger partial charge in [-0.1, -0.05) is 0 Å². The second-order valence-corrected chi connectivity index (χ2v) is 5.04. The van der Waals surface area contributed by atoms with Gasteiger partial charge in [-0.25, -0.2) is 0 Å². The number of hydrogen-bond acceptors (Lipinski definition) is 4. The maximum absolute atomic E-state index is 5.82. The zero-order valence-electron chi connectivity index (χ0n) is 10.6. The zero-order chi connectivity index (χ0) is 12.3. The van der Waals surface area contributed by atoms with Gasteiger partial charge < -0.3 is 4.74 Å². The predicted octanol–water partition coefficient (Wildman–Crippen LogP) is 0.754. The summed E-state index contributed by atoms with van der Waals surface area (Å²) in [4.78, 5) is 0. The van der Waals surface area contributed by atoms with Gasteiger partial charge in [-0.15, -0.1) is 0 Å². The van der Waals surface area contributed by atoms with Gasteiger partial charge in [0.2, 0.25) is 0 Å². The highest BCUT2D eigenvalue weighted by Gasteiger charge is 2.37. The van der Waals surface area contributed by atoms with Crippen LogP contribution < -0.4 is 11.3 Å². The van der Waals surface area contributed by atoms with Gasteiger partial charge in [-0.05, 0) is 38.2 Å². The standard InChI is InChI=1S/C12H22N4O/c1-12(6-3-7-17-12)11(15-13)5-4-10-8-14-16(2)9-10/h8-9,11,15H,3-7,13H2,1-2H3. The van der Waals surface area contributed by atoms with Crippen molar-refractivity contribution >= 4 is 0 Å². The Balaban J connectivity index is 1.91. The van der Waals surface area contributed by atoms with E-state index in [2.05, 4.69) is 17.4 Å². The van der Waals surface area contributed by atoms with Crippen molar-refractivity contribution in [2.24, 2.45) is 12.9 Å². The molecule has 2 heterocycles. The molecule has 0 aliphatic carbocycles. The number of nitrogens with zero attached hydrogens (tertiary/aromatic N) is 2. The first kappa shape index (κ1) is 12.5. The highest BCUT2D eigenvalue weighted by molar-refractivity contribution is 5.05. The normalized spacial score (nSPS) is 26.3. The van der Waals surface area contributed by atoms with Crippen molar-refractivity contribution in [1.29, 1.82) is 0 Å². The van der Waals surface area contributed by atoms with Crippen molar-refractivity contribution in [3.8, 4) is 0 Å². The minimum absolute atomic E-state index is 0.114. The third kappa shape index (κ3) is 2.86. The van der Waals surface area contributed by atoms with E-state index in [1.807, 2.05) is 24.1 Å². The highest BCUT2D eigenvalue weighted by atomic mass is 16.5. The van der Waals surface area contributed by atoms with Crippen molar-refractivity contribution in [2.75, 3.05) is 6.61 Å². The molecular formula is C12H22N4O. The SMILES string of the molecule is Cn1cc(CCC(NN)C2(C)CCCO2)cn1. The summed E-state index contributed by atoms with van der Waals surface area (Å²) < 4.78 is 7.65. The Bertz CT molecular complexity index is 357. The van der Waals surface area contributed by atoms with E-state index in [0.717, 1.165) is 32.3 Å². The minimum atomic E-state index is -0.114. The van der Waals surface area contributed by atoms with Crippen LogP contribution >= 0.6 is 0 Å². The largest absolute Gasteiger partial charge is 0.374 e. The van der Waals surface area contributed by atoms with E-state index in [1.54, 1.807) is 0 Å². The second kappa shape index (κ2) is 5.16. The van der Waals surface area contributed by atoms with Crippen LogP contribution in [0.5, 0.6) is 0 Å². The summed E-state index contributed by atoms with van der Waals surface area (Å²) in [5.74, 6) is 5.66. The molecule has 0 radical (unpaired) electrons. The quantitative estimate of drug-likeness (QED) is 0.587. The zero-order valence-corrected chi connectivity index (χ0v) is 10.6. The van der Waals surface area contributed by atoms with Crippen LogP contribution in [0.25, 0.3) is 0 Å². The summed E-state index contributed by atoms with van der Waals surface area (Å²) in [6.07, 6.45) is 8.10. The second-order valence-electron chi connectivity index (χ2n) is 5.04. The van der Waals surface area contributed by atoms with Gasteiger partial charge in [-0.3, -0.25) is 16.0 Å². The van der Waals surface area contributed by atoms with Crippen molar-refractivity contribution in [1.82, 2.24) is 15.2 Å². The molecule has 0 spiro atoms. The smallest absolute Gasteiger partial charge is 0.0821 e. The van der Waals surface area contributed by atoms with E-state index >= 15 is 0 Å². The average molecular weight is 238 g/mol. The van der Waals surface area contributed by atoms with Gasteiger partial charge in [0.1, 0.15) is 0 Å². The summed E-state index contributed by atoms with van der Waals surface area (Å²) >= 11 is 0. The lowest BCUT2D eigenvalue weighted by atomic mass is 9.89. The molecule has 17 heavy (non-hydrogen) atoms. The number of hydrogen-bond donors (Lipinski definition) is 2. The topological polar surface area (TPSA) is 65.1 Å². The lowest BCUT2D eigenvalue weighted by Crippen LogP contribution is -2.51. The molecule has 1 aliphatic rings. The molecule has 5 nitrogen and oxygen atoms in total. The first-order chi connectivity index (χ1) is 8.14. The monoisotopic (exact) mass is 238 g/mol. The van der Waals surface area contributed by atoms with E-state index in [0.29, 0.717) is 0 Å². The van der Waals surface area contributed by atoms with Crippen LogP contribution in [0.15, 0.2) is 12.4 Å². The third-order valence-electron chi connectivity index (χ3n) is 3.67. The van der Waals surface area contributed by atoms with E-state index in [4.69, 9.17) is 10.6 Å². The fraction of sp³-hybridized carbons (Fsp3) is 0.750. The molecule has 2 atom stereocenters. The molecule has 1 saturated heterocycles. The van der Waals surface area contributed by atoms with Crippen LogP contribution in [0.3, 0.4) is 0 Å². The maximum Gasteiger partial charge on any atom is 0.0821 e. The first-order valence-corrected chi connectivity index (χ1v) is 6.22. The van der Waals surface area contributed by atoms with Crippen molar-refractivity contribution in [3.63, 3.8) is 0 Å². The predicted molar refractivity (Wildman–Crippen MR) is 66.2 cm³/mol. The molecule has 0 bridgehead atoms. The van der Waals surface area contributed by atoms with Crippen LogP contribution in [0.2, 0.25) is 0 Å². The average Bonchev–Trinajstić information content (AvgIpc) is 2.89. The number of nitrogens with two attached hydrogens (primary N) is 1. The van der Waals surface area contributed by atoms with Gasteiger partial charge in [0.05, 0.1) is 17.8 Å². The Hall–Kier alpha value is -0.910. The van der Waals surface area contributed by atoms with E-state index in [9.17, 15) is 0 Å². The van der Waals surface area contributed by atoms with Crippen LogP contribution in [0, 0.1) is 0 Å². The maximum atomic E-state index is 5.82. The number of hydrazine groups is 1. The fourth-order valence-electron chi connectivity index (χ4n) is 2.55. The molecule has 0 amide bonds. The summed E-state index contributed by atoms with van der Waals surface area (Å²) in [6, 6.07) is 0.199. The Morgan fingerprint density at radius 3 is 3.06 bits per heavy atom. The van der Waals surface area contributed by atoms with Crippen LogP contribution in [0.4, 0.5) is 0 Å². The summed E-state index contributed by atoms with van der Waals surface area (Å²) in [5, 5.41) is 4.17. The van der Waals surface area contributed by atoms with Crippen molar-refractivity contribution in [2.45, 2.75) is 44.2 Å². The Morgan fingerprint density at radius 2 is 2.53 bits per heavy atom. The van der Waals surface area contributed by atoms with Crippen molar-refractivity contribution < 1.29 is 4.74 Å². The van der Waals surface area contributed by atoms with E-state index in [-0.39, 0.29) is 11.6 Å². The summed E-state index contributed by atoms with van der Waals surface area (Å²) in [6.45, 7) is 3.00. The fourth-order valence-corrected chi connectivity index (χ4v) is 2.55. The van der Waals surface area contributed by atoms with E-state index in [1.165, 1.54) is 5.56 Å². The highest BCUT2D eigenvalue weighted by Crippen LogP contribution is 2.30. The number of ether oxygens (including phenoxy) is 1. The van der Waals surface area contributed by atoms with Crippen LogP contribution in [-0.2, 0) is 18.2 Å². The molecule has 0 saturated carbocycles. The third-order valence-corrected chi connectivity index (χ3v) is 3.67. The summed E-state index contributed by atoms with van der Waals surface area (Å²) in [5.41, 5.74) is 4.04. The van der Waals surface area contributed by atoms with Crippen LogP contribution in [-0.4, -0.2) is 28.0 Å². The molecule has 2 rings (SSSR count). The lowest BCUT2D eigenvalue weighted by Gasteiger charge is -2.32. The number of aromatic nitrogens is 2. The molecule has 3 N–H and O–H groups in total. The van der Waals surface area contributed by atoms with Gasteiger partial charge in [0.15, 0.2) is 0 Å². The molecule has 1 fully saturated rings. The van der Waals surface area contributed by atoms with Gasteiger partial charge in [0.25, 0.3) is 0 Å².